The van der Waals surface area contributed by atoms with Crippen LogP contribution in [0.5, 0.6) is 0 Å². The van der Waals surface area contributed by atoms with Gasteiger partial charge in [0, 0.05) is 18.1 Å². The summed E-state index contributed by atoms with van der Waals surface area (Å²) in [4.78, 5) is 23.5. The van der Waals surface area contributed by atoms with Gasteiger partial charge in [-0.05, 0) is 35.2 Å². The molecule has 0 aliphatic carbocycles. The maximum absolute atomic E-state index is 11.8. The van der Waals surface area contributed by atoms with Crippen LogP contribution < -0.4 is 10.6 Å². The Bertz CT molecular complexity index is 684. The van der Waals surface area contributed by atoms with Crippen molar-refractivity contribution in [3.8, 4) is 0 Å². The topological polar surface area (TPSA) is 58.2 Å². The maximum atomic E-state index is 11.8. The van der Waals surface area contributed by atoms with Crippen molar-refractivity contribution in [3.63, 3.8) is 0 Å². The van der Waals surface area contributed by atoms with Crippen LogP contribution in [0.2, 0.25) is 5.02 Å². The molecule has 0 heterocycles. The van der Waals surface area contributed by atoms with Gasteiger partial charge in [-0.15, -0.1) is 0 Å². The van der Waals surface area contributed by atoms with Gasteiger partial charge in [-0.25, -0.2) is 0 Å². The molecule has 0 radical (unpaired) electrons. The van der Waals surface area contributed by atoms with Gasteiger partial charge in [0.2, 0.25) is 0 Å². The van der Waals surface area contributed by atoms with E-state index in [9.17, 15) is 9.59 Å². The lowest BCUT2D eigenvalue weighted by Gasteiger charge is -2.07. The van der Waals surface area contributed by atoms with E-state index in [2.05, 4.69) is 17.6 Å². The number of aryl methyl sites for hydroxylation is 1. The van der Waals surface area contributed by atoms with E-state index in [1.807, 2.05) is 30.3 Å². The van der Waals surface area contributed by atoms with E-state index in [-0.39, 0.29) is 6.54 Å². The summed E-state index contributed by atoms with van der Waals surface area (Å²) < 4.78 is 0. The molecule has 0 saturated carbocycles. The molecule has 2 rings (SSSR count). The molecule has 0 aliphatic rings. The van der Waals surface area contributed by atoms with E-state index < -0.39 is 11.8 Å². The van der Waals surface area contributed by atoms with Crippen molar-refractivity contribution in [2.45, 2.75) is 26.4 Å². The van der Waals surface area contributed by atoms with Gasteiger partial charge in [-0.2, -0.15) is 0 Å². The van der Waals surface area contributed by atoms with Crippen molar-refractivity contribution in [2.24, 2.45) is 0 Å². The molecular weight excluding hydrogens is 312 g/mol. The molecule has 0 spiro atoms. The Balaban J connectivity index is 1.79. The van der Waals surface area contributed by atoms with Crippen LogP contribution >= 0.6 is 11.6 Å². The summed E-state index contributed by atoms with van der Waals surface area (Å²) >= 11 is 5.87. The number of carbonyl (C=O) groups excluding carboxylic acids is 2. The number of nitrogens with one attached hydrogen (secondary N) is 2. The molecule has 0 bridgehead atoms. The van der Waals surface area contributed by atoms with Gasteiger partial charge in [0.15, 0.2) is 0 Å². The van der Waals surface area contributed by atoms with E-state index in [0.29, 0.717) is 11.6 Å². The second-order valence-electron chi connectivity index (χ2n) is 5.17. The average Bonchev–Trinajstić information content (AvgIpc) is 2.58. The van der Waals surface area contributed by atoms with E-state index in [1.54, 1.807) is 18.2 Å². The van der Waals surface area contributed by atoms with Crippen molar-refractivity contribution in [2.75, 3.05) is 0 Å². The van der Waals surface area contributed by atoms with Crippen molar-refractivity contribution in [1.82, 2.24) is 10.6 Å². The largest absolute Gasteiger partial charge is 0.344 e. The molecule has 0 fully saturated rings. The number of carbonyl (C=O) groups is 2. The van der Waals surface area contributed by atoms with Crippen LogP contribution in [0, 0.1) is 0 Å². The number of amides is 2. The highest BCUT2D eigenvalue weighted by Crippen LogP contribution is 2.10. The maximum Gasteiger partial charge on any atom is 0.309 e. The smallest absolute Gasteiger partial charge is 0.309 e. The van der Waals surface area contributed by atoms with Crippen LogP contribution in [-0.4, -0.2) is 11.8 Å². The molecule has 2 amide bonds. The van der Waals surface area contributed by atoms with E-state index in [4.69, 9.17) is 11.6 Å². The Labute approximate surface area is 140 Å². The predicted molar refractivity (Wildman–Crippen MR) is 91.0 cm³/mol. The minimum absolute atomic E-state index is 0.262. The summed E-state index contributed by atoms with van der Waals surface area (Å²) in [6.07, 6.45) is 0.971. The van der Waals surface area contributed by atoms with Crippen LogP contribution in [0.25, 0.3) is 0 Å². The third-order valence-corrected chi connectivity index (χ3v) is 3.67. The van der Waals surface area contributed by atoms with Crippen molar-refractivity contribution in [1.29, 1.82) is 0 Å². The third-order valence-electron chi connectivity index (χ3n) is 3.43. The molecular formula is C18H19ClN2O2. The minimum Gasteiger partial charge on any atom is -0.344 e. The van der Waals surface area contributed by atoms with Gasteiger partial charge < -0.3 is 10.6 Å². The lowest BCUT2D eigenvalue weighted by atomic mass is 10.1. The molecule has 0 aromatic heterocycles. The van der Waals surface area contributed by atoms with Crippen LogP contribution in [0.15, 0.2) is 48.5 Å². The fourth-order valence-electron chi connectivity index (χ4n) is 2.06. The first-order valence-corrected chi connectivity index (χ1v) is 7.84. The fourth-order valence-corrected chi connectivity index (χ4v) is 2.28. The van der Waals surface area contributed by atoms with Gasteiger partial charge in [-0.3, -0.25) is 9.59 Å². The van der Waals surface area contributed by atoms with Crippen LogP contribution in [0.3, 0.4) is 0 Å². The molecule has 0 unspecified atom stereocenters. The molecule has 120 valence electrons. The molecule has 2 aromatic carbocycles. The number of benzene rings is 2. The Morgan fingerprint density at radius 2 is 1.43 bits per heavy atom. The molecule has 0 aliphatic heterocycles. The third kappa shape index (κ3) is 5.42. The SMILES string of the molecule is CCc1ccc(CNC(=O)C(=O)NCc2cccc(Cl)c2)cc1. The summed E-state index contributed by atoms with van der Waals surface area (Å²) in [5, 5.41) is 5.77. The molecule has 4 nitrogen and oxygen atoms in total. The number of rotatable bonds is 5. The van der Waals surface area contributed by atoms with Gasteiger partial charge in [0.05, 0.1) is 0 Å². The van der Waals surface area contributed by atoms with Crippen molar-refractivity contribution >= 4 is 23.4 Å². The predicted octanol–water partition coefficient (Wildman–Crippen LogP) is 2.84. The number of halogens is 1. The zero-order valence-corrected chi connectivity index (χ0v) is 13.7. The van der Waals surface area contributed by atoms with Crippen LogP contribution in [0.4, 0.5) is 0 Å². The number of hydrogen-bond donors (Lipinski definition) is 2. The first-order valence-electron chi connectivity index (χ1n) is 7.46. The van der Waals surface area contributed by atoms with Gasteiger partial charge >= 0.3 is 11.8 Å². The molecule has 0 saturated heterocycles. The first-order chi connectivity index (χ1) is 11.1. The minimum atomic E-state index is -0.657. The van der Waals surface area contributed by atoms with Crippen LogP contribution in [-0.2, 0) is 29.1 Å². The Hall–Kier alpha value is -2.33. The summed E-state index contributed by atoms with van der Waals surface area (Å²) in [6, 6.07) is 15.1. The quantitative estimate of drug-likeness (QED) is 0.828. The Morgan fingerprint density at radius 3 is 2.00 bits per heavy atom. The molecule has 23 heavy (non-hydrogen) atoms. The zero-order chi connectivity index (χ0) is 16.7. The molecule has 5 heteroatoms. The highest BCUT2D eigenvalue weighted by atomic mass is 35.5. The highest BCUT2D eigenvalue weighted by Gasteiger charge is 2.12. The van der Waals surface area contributed by atoms with E-state index in [1.165, 1.54) is 5.56 Å². The monoisotopic (exact) mass is 330 g/mol. The van der Waals surface area contributed by atoms with Gasteiger partial charge in [0.25, 0.3) is 0 Å². The Morgan fingerprint density at radius 1 is 0.870 bits per heavy atom. The average molecular weight is 331 g/mol. The van der Waals surface area contributed by atoms with E-state index >= 15 is 0 Å². The summed E-state index contributed by atoms with van der Waals surface area (Å²) in [5.41, 5.74) is 3.03. The van der Waals surface area contributed by atoms with Gasteiger partial charge in [0.1, 0.15) is 0 Å². The van der Waals surface area contributed by atoms with Crippen LogP contribution in [0.1, 0.15) is 23.6 Å². The van der Waals surface area contributed by atoms with Crippen molar-refractivity contribution in [3.05, 3.63) is 70.2 Å². The second kappa shape index (κ2) is 8.34. The van der Waals surface area contributed by atoms with E-state index in [0.717, 1.165) is 17.5 Å². The fraction of sp³-hybridized carbons (Fsp3) is 0.222. The summed E-state index contributed by atoms with van der Waals surface area (Å²) in [6.45, 7) is 2.67. The second-order valence-corrected chi connectivity index (χ2v) is 5.60. The molecule has 2 aromatic rings. The lowest BCUT2D eigenvalue weighted by Crippen LogP contribution is -2.39. The zero-order valence-electron chi connectivity index (χ0n) is 12.9. The standard InChI is InChI=1S/C18H19ClN2O2/c1-2-13-6-8-14(9-7-13)11-20-17(22)18(23)21-12-15-4-3-5-16(19)10-15/h3-10H,2,11-12H2,1H3,(H,20,22)(H,21,23). The number of hydrogen-bond acceptors (Lipinski definition) is 2. The first kappa shape index (κ1) is 17.0. The summed E-state index contributed by atoms with van der Waals surface area (Å²) in [5.74, 6) is -1.30. The lowest BCUT2D eigenvalue weighted by molar-refractivity contribution is -0.139. The normalized spacial score (nSPS) is 10.2. The Kier molecular flexibility index (Phi) is 6.18. The molecule has 0 atom stereocenters. The van der Waals surface area contributed by atoms with Crippen molar-refractivity contribution < 1.29 is 9.59 Å². The van der Waals surface area contributed by atoms with Gasteiger partial charge in [-0.1, -0.05) is 54.9 Å². The summed E-state index contributed by atoms with van der Waals surface area (Å²) in [7, 11) is 0. The highest BCUT2D eigenvalue weighted by molar-refractivity contribution is 6.35. The molecule has 2 N–H and O–H groups in total.